The number of rotatable bonds is 1. The maximum atomic E-state index is 12.3. The average molecular weight is 289 g/mol. The monoisotopic (exact) mass is 288 g/mol. The van der Waals surface area contributed by atoms with Gasteiger partial charge in [0.15, 0.2) is 0 Å². The molecule has 1 aromatic rings. The summed E-state index contributed by atoms with van der Waals surface area (Å²) in [6, 6.07) is 7.79. The van der Waals surface area contributed by atoms with Crippen molar-refractivity contribution in [1.29, 1.82) is 0 Å². The van der Waals surface area contributed by atoms with Gasteiger partial charge in [-0.1, -0.05) is 17.7 Å². The van der Waals surface area contributed by atoms with Crippen molar-refractivity contribution in [2.75, 3.05) is 13.1 Å². The molecule has 1 aliphatic heterocycles. The van der Waals surface area contributed by atoms with Gasteiger partial charge in [0.25, 0.3) is 5.91 Å². The molecule has 0 spiro atoms. The zero-order chi connectivity index (χ0) is 12.4. The van der Waals surface area contributed by atoms with Crippen LogP contribution in [0.1, 0.15) is 24.2 Å². The number of halogens is 2. The molecule has 100 valence electrons. The van der Waals surface area contributed by atoms with Gasteiger partial charge in [-0.2, -0.15) is 0 Å². The first kappa shape index (κ1) is 15.3. The molecule has 2 rings (SSSR count). The molecule has 1 N–H and O–H groups in total. The lowest BCUT2D eigenvalue weighted by atomic mass is 10.1. The molecule has 0 aromatic heterocycles. The van der Waals surface area contributed by atoms with E-state index in [-0.39, 0.29) is 18.3 Å². The fraction of sp³-hybridized carbons (Fsp3) is 0.462. The Morgan fingerprint density at radius 1 is 1.33 bits per heavy atom. The Labute approximate surface area is 119 Å². The molecule has 0 radical (unpaired) electrons. The maximum Gasteiger partial charge on any atom is 0.254 e. The van der Waals surface area contributed by atoms with E-state index in [1.807, 2.05) is 17.0 Å². The summed E-state index contributed by atoms with van der Waals surface area (Å²) in [6.07, 6.45) is 0. The van der Waals surface area contributed by atoms with Gasteiger partial charge in [0, 0.05) is 35.8 Å². The van der Waals surface area contributed by atoms with Gasteiger partial charge >= 0.3 is 0 Å². The normalized spacial score (nSPS) is 23.4. The van der Waals surface area contributed by atoms with Gasteiger partial charge in [-0.05, 0) is 32.0 Å². The van der Waals surface area contributed by atoms with Crippen molar-refractivity contribution in [2.45, 2.75) is 25.9 Å². The molecule has 0 saturated carbocycles. The van der Waals surface area contributed by atoms with E-state index in [4.69, 9.17) is 11.6 Å². The predicted octanol–water partition coefficient (Wildman–Crippen LogP) is 2.58. The third-order valence-corrected chi connectivity index (χ3v) is 3.15. The summed E-state index contributed by atoms with van der Waals surface area (Å²) in [5, 5.41) is 4.01. The molecule has 1 amide bonds. The summed E-state index contributed by atoms with van der Waals surface area (Å²) in [5.74, 6) is 0.0627. The minimum atomic E-state index is 0. The number of hydrogen-bond donors (Lipinski definition) is 1. The molecule has 18 heavy (non-hydrogen) atoms. The molecule has 2 atom stereocenters. The van der Waals surface area contributed by atoms with Gasteiger partial charge in [-0.3, -0.25) is 4.79 Å². The molecule has 1 aromatic carbocycles. The van der Waals surface area contributed by atoms with Crippen LogP contribution in [-0.2, 0) is 0 Å². The van der Waals surface area contributed by atoms with E-state index in [0.29, 0.717) is 22.7 Å². The second kappa shape index (κ2) is 6.41. The Hall–Kier alpha value is -0.770. The van der Waals surface area contributed by atoms with Crippen LogP contribution in [0.3, 0.4) is 0 Å². The van der Waals surface area contributed by atoms with Gasteiger partial charge in [0.1, 0.15) is 0 Å². The van der Waals surface area contributed by atoms with Crippen LogP contribution in [0.25, 0.3) is 0 Å². The number of nitrogens with one attached hydrogen (secondary N) is 1. The van der Waals surface area contributed by atoms with Crippen molar-refractivity contribution in [3.8, 4) is 0 Å². The van der Waals surface area contributed by atoms with Crippen molar-refractivity contribution >= 4 is 29.9 Å². The third kappa shape index (κ3) is 3.61. The van der Waals surface area contributed by atoms with Crippen molar-refractivity contribution < 1.29 is 4.79 Å². The zero-order valence-corrected chi connectivity index (χ0v) is 12.1. The molecule has 1 fully saturated rings. The summed E-state index contributed by atoms with van der Waals surface area (Å²) in [4.78, 5) is 14.2. The van der Waals surface area contributed by atoms with Crippen LogP contribution in [0.2, 0.25) is 5.02 Å². The van der Waals surface area contributed by atoms with E-state index in [1.165, 1.54) is 0 Å². The first-order valence-corrected chi connectivity index (χ1v) is 6.25. The van der Waals surface area contributed by atoms with Crippen LogP contribution >= 0.6 is 24.0 Å². The van der Waals surface area contributed by atoms with Gasteiger partial charge in [-0.15, -0.1) is 12.4 Å². The second-order valence-corrected chi connectivity index (χ2v) is 5.13. The number of piperazine rings is 1. The number of carbonyl (C=O) groups is 1. The van der Waals surface area contributed by atoms with Crippen molar-refractivity contribution in [1.82, 2.24) is 10.2 Å². The lowest BCUT2D eigenvalue weighted by Gasteiger charge is -2.36. The minimum absolute atomic E-state index is 0. The summed E-state index contributed by atoms with van der Waals surface area (Å²) < 4.78 is 0. The van der Waals surface area contributed by atoms with Crippen LogP contribution in [0.5, 0.6) is 0 Å². The largest absolute Gasteiger partial charge is 0.336 e. The molecule has 0 bridgehead atoms. The predicted molar refractivity (Wildman–Crippen MR) is 76.7 cm³/mol. The second-order valence-electron chi connectivity index (χ2n) is 4.69. The lowest BCUT2D eigenvalue weighted by Crippen LogP contribution is -2.55. The molecule has 1 aliphatic rings. The van der Waals surface area contributed by atoms with Crippen LogP contribution in [0.4, 0.5) is 0 Å². The molecule has 0 aliphatic carbocycles. The maximum absolute atomic E-state index is 12.3. The number of benzene rings is 1. The fourth-order valence-electron chi connectivity index (χ4n) is 2.30. The quantitative estimate of drug-likeness (QED) is 0.862. The van der Waals surface area contributed by atoms with Crippen molar-refractivity contribution in [3.63, 3.8) is 0 Å². The molecule has 1 heterocycles. The highest BCUT2D eigenvalue weighted by Crippen LogP contribution is 2.14. The van der Waals surface area contributed by atoms with Crippen LogP contribution in [0, 0.1) is 0 Å². The lowest BCUT2D eigenvalue weighted by molar-refractivity contribution is 0.0674. The number of hydrogen-bond acceptors (Lipinski definition) is 2. The fourth-order valence-corrected chi connectivity index (χ4v) is 2.49. The smallest absolute Gasteiger partial charge is 0.254 e. The summed E-state index contributed by atoms with van der Waals surface area (Å²) in [7, 11) is 0. The van der Waals surface area contributed by atoms with E-state index in [2.05, 4.69) is 19.2 Å². The zero-order valence-electron chi connectivity index (χ0n) is 10.5. The van der Waals surface area contributed by atoms with Gasteiger partial charge in [0.05, 0.1) is 0 Å². The third-order valence-electron chi connectivity index (χ3n) is 2.92. The van der Waals surface area contributed by atoms with E-state index >= 15 is 0 Å². The first-order valence-electron chi connectivity index (χ1n) is 5.87. The molecule has 5 heteroatoms. The molecule has 1 saturated heterocycles. The highest BCUT2D eigenvalue weighted by molar-refractivity contribution is 6.30. The Balaban J connectivity index is 0.00000162. The summed E-state index contributed by atoms with van der Waals surface area (Å²) in [6.45, 7) is 5.67. The minimum Gasteiger partial charge on any atom is -0.336 e. The number of carbonyl (C=O) groups excluding carboxylic acids is 1. The van der Waals surface area contributed by atoms with Gasteiger partial charge in [-0.25, -0.2) is 0 Å². The molecular weight excluding hydrogens is 271 g/mol. The topological polar surface area (TPSA) is 32.3 Å². The van der Waals surface area contributed by atoms with E-state index < -0.39 is 0 Å². The Morgan fingerprint density at radius 3 is 2.50 bits per heavy atom. The first-order chi connectivity index (χ1) is 8.06. The average Bonchev–Trinajstić information content (AvgIpc) is 2.26. The Morgan fingerprint density at radius 2 is 1.94 bits per heavy atom. The van der Waals surface area contributed by atoms with E-state index in [0.717, 1.165) is 13.1 Å². The van der Waals surface area contributed by atoms with Gasteiger partial charge in [0.2, 0.25) is 0 Å². The summed E-state index contributed by atoms with van der Waals surface area (Å²) >= 11 is 5.90. The molecular formula is C13H18Cl2N2O. The molecule has 3 nitrogen and oxygen atoms in total. The van der Waals surface area contributed by atoms with Crippen LogP contribution < -0.4 is 5.32 Å². The number of nitrogens with zero attached hydrogens (tertiary/aromatic N) is 1. The van der Waals surface area contributed by atoms with Crippen LogP contribution in [-0.4, -0.2) is 36.0 Å². The highest BCUT2D eigenvalue weighted by atomic mass is 35.5. The Bertz CT molecular complexity index is 415. The summed E-state index contributed by atoms with van der Waals surface area (Å²) in [5.41, 5.74) is 0.666. The standard InChI is InChI=1S/C13H17ClN2O.ClH/c1-9-7-16(8-10(2)15-9)13(17)11-4-3-5-12(14)6-11;/h3-6,9-10,15H,7-8H2,1-2H3;1H. The van der Waals surface area contributed by atoms with E-state index in [9.17, 15) is 4.79 Å². The van der Waals surface area contributed by atoms with Crippen molar-refractivity contribution in [2.24, 2.45) is 0 Å². The SMILES string of the molecule is CC1CN(C(=O)c2cccc(Cl)c2)CC(C)N1.Cl. The molecule has 2 unspecified atom stereocenters. The Kier molecular flexibility index (Phi) is 5.45. The van der Waals surface area contributed by atoms with Crippen molar-refractivity contribution in [3.05, 3.63) is 34.9 Å². The highest BCUT2D eigenvalue weighted by Gasteiger charge is 2.25. The van der Waals surface area contributed by atoms with E-state index in [1.54, 1.807) is 12.1 Å². The van der Waals surface area contributed by atoms with Gasteiger partial charge < -0.3 is 10.2 Å². The number of amides is 1. The van der Waals surface area contributed by atoms with Crippen LogP contribution in [0.15, 0.2) is 24.3 Å².